The van der Waals surface area contributed by atoms with Crippen molar-refractivity contribution < 1.29 is 67.0 Å². The molecule has 1 aromatic rings. The van der Waals surface area contributed by atoms with Crippen LogP contribution in [-0.2, 0) is 36.8 Å². The van der Waals surface area contributed by atoms with Crippen LogP contribution in [0.3, 0.4) is 0 Å². The van der Waals surface area contributed by atoms with Crippen molar-refractivity contribution in [1.82, 2.24) is 9.55 Å². The highest BCUT2D eigenvalue weighted by Gasteiger charge is 2.45. The van der Waals surface area contributed by atoms with Gasteiger partial charge in [-0.25, -0.2) is 9.11 Å². The number of nitrogens with zero attached hydrogens (tertiary/aromatic N) is 1. The molecule has 20 heteroatoms. The molecule has 5 N–H and O–H groups in total. The van der Waals surface area contributed by atoms with Crippen LogP contribution in [0.1, 0.15) is 6.23 Å². The van der Waals surface area contributed by atoms with Gasteiger partial charge in [0.2, 0.25) is 0 Å². The van der Waals surface area contributed by atoms with E-state index in [1.54, 1.807) is 0 Å². The molecule has 0 saturated carbocycles. The van der Waals surface area contributed by atoms with E-state index < -0.39 is 88.9 Å². The van der Waals surface area contributed by atoms with Crippen LogP contribution in [0.15, 0.2) is 21.9 Å². The Bertz CT molecular complexity index is 1120. The van der Waals surface area contributed by atoms with E-state index in [9.17, 15) is 53.7 Å². The van der Waals surface area contributed by atoms with Crippen LogP contribution in [0.25, 0.3) is 0 Å². The largest absolute Gasteiger partial charge is 0.756 e. The van der Waals surface area contributed by atoms with Gasteiger partial charge in [-0.2, -0.15) is 0 Å². The number of carbonyl (C=O) groups excluding carboxylic acids is 1. The Hall–Kier alpha value is -1.63. The highest BCUT2D eigenvalue weighted by molar-refractivity contribution is 7.59. The van der Waals surface area contributed by atoms with Gasteiger partial charge in [-0.15, -0.1) is 0 Å². The molecule has 9 atom stereocenters. The number of H-pyrrole nitrogens is 1. The number of ketones is 1. The van der Waals surface area contributed by atoms with Crippen molar-refractivity contribution in [2.45, 2.75) is 43.0 Å². The minimum Gasteiger partial charge on any atom is -0.756 e. The number of aliphatic hydroxyl groups excluding tert-OH is 4. The zero-order valence-corrected chi connectivity index (χ0v) is 18.4. The summed E-state index contributed by atoms with van der Waals surface area (Å²) in [5.74, 6) is -0.980. The zero-order chi connectivity index (χ0) is 25.4. The quantitative estimate of drug-likeness (QED) is 0.196. The van der Waals surface area contributed by atoms with Gasteiger partial charge in [-0.05, 0) is 0 Å². The fourth-order valence-corrected chi connectivity index (χ4v) is 5.05. The molecule has 192 valence electrons. The molecule has 2 aliphatic heterocycles. The Morgan fingerprint density at radius 2 is 1.76 bits per heavy atom. The Kier molecular flexibility index (Phi) is 8.06. The summed E-state index contributed by atoms with van der Waals surface area (Å²) in [7, 11) is -11.6. The Labute approximate surface area is 188 Å². The molecule has 18 nitrogen and oxygen atoms in total. The minimum atomic E-state index is -5.82. The third-order valence-corrected chi connectivity index (χ3v) is 7.15. The maximum absolute atomic E-state index is 11.9. The number of aromatic nitrogens is 2. The van der Waals surface area contributed by atoms with Crippen molar-refractivity contribution in [2.24, 2.45) is 0 Å². The van der Waals surface area contributed by atoms with E-state index in [-0.39, 0.29) is 0 Å². The summed E-state index contributed by atoms with van der Waals surface area (Å²) < 4.78 is 46.6. The van der Waals surface area contributed by atoms with Crippen molar-refractivity contribution >= 4 is 21.4 Å². The average Bonchev–Trinajstić information content (AvgIpc) is 3.00. The smallest absolute Gasteiger partial charge is 0.330 e. The summed E-state index contributed by atoms with van der Waals surface area (Å²) in [5, 5.41) is 39.1. The lowest BCUT2D eigenvalue weighted by molar-refractivity contribution is -0.270. The van der Waals surface area contributed by atoms with E-state index in [1.165, 1.54) is 0 Å². The summed E-state index contributed by atoms with van der Waals surface area (Å²) >= 11 is 0. The maximum Gasteiger partial charge on any atom is 0.330 e. The number of phosphoric acid groups is 2. The van der Waals surface area contributed by atoms with Gasteiger partial charge in [0, 0.05) is 12.3 Å². The number of carbonyl (C=O) groups is 1. The molecule has 0 aromatic carbocycles. The molecule has 0 radical (unpaired) electrons. The first kappa shape index (κ1) is 27.0. The van der Waals surface area contributed by atoms with Gasteiger partial charge < -0.3 is 44.2 Å². The monoisotopic (exact) mass is 532 g/mol. The second-order valence-corrected chi connectivity index (χ2v) is 9.93. The van der Waals surface area contributed by atoms with Crippen LogP contribution in [0.5, 0.6) is 0 Å². The lowest BCUT2D eigenvalue weighted by Gasteiger charge is -2.36. The average molecular weight is 532 g/mol. The number of phosphoric ester groups is 2. The van der Waals surface area contributed by atoms with Crippen LogP contribution in [0, 0.1) is 0 Å². The number of aliphatic hydroxyl groups is 4. The van der Waals surface area contributed by atoms with Crippen molar-refractivity contribution in [2.75, 3.05) is 13.2 Å². The summed E-state index contributed by atoms with van der Waals surface area (Å²) in [6.45, 7) is -1.93. The molecule has 34 heavy (non-hydrogen) atoms. The highest BCUT2D eigenvalue weighted by atomic mass is 31.3. The third kappa shape index (κ3) is 6.13. The van der Waals surface area contributed by atoms with Gasteiger partial charge >= 0.3 is 5.69 Å². The Balaban J connectivity index is 1.60. The number of hydrogen-bond donors (Lipinski definition) is 5. The Morgan fingerprint density at radius 3 is 2.41 bits per heavy atom. The zero-order valence-electron chi connectivity index (χ0n) is 16.6. The first-order chi connectivity index (χ1) is 15.7. The number of Topliss-reactive ketones (excluding diaryl/α,β-unsaturated/α-hetero) is 1. The van der Waals surface area contributed by atoms with Crippen LogP contribution in [0.2, 0.25) is 0 Å². The lowest BCUT2D eigenvalue weighted by Crippen LogP contribution is -2.51. The van der Waals surface area contributed by atoms with Crippen LogP contribution in [-0.4, -0.2) is 85.8 Å². The molecular weight excluding hydrogens is 514 g/mol. The van der Waals surface area contributed by atoms with Gasteiger partial charge in [0.05, 0.1) is 6.61 Å². The lowest BCUT2D eigenvalue weighted by atomic mass is 10.1. The van der Waals surface area contributed by atoms with E-state index in [0.29, 0.717) is 4.57 Å². The highest BCUT2D eigenvalue weighted by Crippen LogP contribution is 2.56. The standard InChI is InChI=1S/C14H20N2O16P2/c17-5-3-28-13(11(22)8(5)19)31-34(26,27)32-33(24,25)29-4-6-9(20)10(21)12(30-6)16-2-1-7(18)15-14(16)23/h1-2,6,8-13,19-22H,3-4H2,(H,24,25)(H,26,27)(H,15,18,23)/p-2/t6-,8+,9-,10-,11-,12-,13-/m1/s1. The minimum absolute atomic E-state index is 0.705. The summed E-state index contributed by atoms with van der Waals surface area (Å²) in [6, 6.07) is 0.918. The second kappa shape index (κ2) is 10.2. The van der Waals surface area contributed by atoms with Gasteiger partial charge in [0.25, 0.3) is 21.2 Å². The fraction of sp³-hybridized carbons (Fsp3) is 0.643. The molecule has 1 aromatic heterocycles. The maximum atomic E-state index is 11.9. The second-order valence-electron chi connectivity index (χ2n) is 7.02. The third-order valence-electron chi connectivity index (χ3n) is 4.61. The predicted octanol–water partition coefficient (Wildman–Crippen LogP) is -5.21. The first-order valence-electron chi connectivity index (χ1n) is 9.21. The number of rotatable bonds is 8. The molecule has 2 unspecified atom stereocenters. The molecule has 0 aliphatic carbocycles. The summed E-state index contributed by atoms with van der Waals surface area (Å²) in [6.07, 6.45) is -12.2. The predicted molar refractivity (Wildman–Crippen MR) is 97.3 cm³/mol. The van der Waals surface area contributed by atoms with Crippen LogP contribution < -0.4 is 21.0 Å². The van der Waals surface area contributed by atoms with E-state index >= 15 is 0 Å². The number of nitrogens with one attached hydrogen (secondary N) is 1. The van der Waals surface area contributed by atoms with E-state index in [1.807, 2.05) is 4.98 Å². The van der Waals surface area contributed by atoms with E-state index in [4.69, 9.17) is 4.74 Å². The van der Waals surface area contributed by atoms with E-state index in [2.05, 4.69) is 18.1 Å². The molecule has 0 spiro atoms. The van der Waals surface area contributed by atoms with Gasteiger partial charge in [0.1, 0.15) is 37.1 Å². The van der Waals surface area contributed by atoms with Crippen molar-refractivity contribution in [3.05, 3.63) is 33.1 Å². The molecule has 0 bridgehead atoms. The van der Waals surface area contributed by atoms with E-state index in [0.717, 1.165) is 12.3 Å². The summed E-state index contributed by atoms with van der Waals surface area (Å²) in [5.41, 5.74) is -1.76. The molecule has 2 fully saturated rings. The normalized spacial score (nSPS) is 35.6. The number of aromatic amines is 1. The van der Waals surface area contributed by atoms with Gasteiger partial charge in [-0.3, -0.25) is 32.8 Å². The molecule has 2 saturated heterocycles. The van der Waals surface area contributed by atoms with Crippen LogP contribution >= 0.6 is 15.6 Å². The van der Waals surface area contributed by atoms with Crippen molar-refractivity contribution in [3.8, 4) is 0 Å². The van der Waals surface area contributed by atoms with Crippen molar-refractivity contribution in [1.29, 1.82) is 0 Å². The summed E-state index contributed by atoms with van der Waals surface area (Å²) in [4.78, 5) is 59.8. The topological polar surface area (TPSA) is 279 Å². The first-order valence-corrected chi connectivity index (χ1v) is 12.1. The van der Waals surface area contributed by atoms with Gasteiger partial charge in [0.15, 0.2) is 18.3 Å². The molecular formula is C14H18N2O16P2-2. The number of hydrogen-bond acceptors (Lipinski definition) is 16. The molecule has 3 rings (SSSR count). The fourth-order valence-electron chi connectivity index (χ4n) is 2.96. The number of ether oxygens (including phenoxy) is 2. The molecule has 2 aliphatic rings. The van der Waals surface area contributed by atoms with Crippen molar-refractivity contribution in [3.63, 3.8) is 0 Å². The Morgan fingerprint density at radius 1 is 1.09 bits per heavy atom. The molecule has 3 heterocycles. The SMILES string of the molecule is O=C1CO[C@H](OP(=O)([O-])OP(=O)([O-])OC[C@H]2O[C@@H](n3ccc(=O)[nH]c3=O)[C@H](O)[C@@H]2O)[C@H](O)[C@H]1O. The van der Waals surface area contributed by atoms with Crippen LogP contribution in [0.4, 0.5) is 0 Å². The molecule has 0 amide bonds. The van der Waals surface area contributed by atoms with Gasteiger partial charge in [-0.1, -0.05) is 0 Å².